The second-order valence-electron chi connectivity index (χ2n) is 3.48. The predicted molar refractivity (Wildman–Crippen MR) is 61.1 cm³/mol. The van der Waals surface area contributed by atoms with Crippen molar-refractivity contribution < 1.29 is 4.74 Å². The number of ether oxygens (including phenoxy) is 1. The van der Waals surface area contributed by atoms with Gasteiger partial charge in [-0.15, -0.1) is 22.7 Å². The van der Waals surface area contributed by atoms with E-state index in [2.05, 4.69) is 22.8 Å². The van der Waals surface area contributed by atoms with Crippen LogP contribution >= 0.6 is 22.7 Å². The van der Waals surface area contributed by atoms with Gasteiger partial charge in [0.15, 0.2) is 0 Å². The van der Waals surface area contributed by atoms with Gasteiger partial charge >= 0.3 is 0 Å². The van der Waals surface area contributed by atoms with Crippen LogP contribution in [0.4, 0.5) is 0 Å². The van der Waals surface area contributed by atoms with Crippen LogP contribution < -0.4 is 5.32 Å². The summed E-state index contributed by atoms with van der Waals surface area (Å²) in [5.41, 5.74) is 0. The predicted octanol–water partition coefficient (Wildman–Crippen LogP) is 2.45. The lowest BCUT2D eigenvalue weighted by molar-refractivity contribution is -0.00567. The summed E-state index contributed by atoms with van der Waals surface area (Å²) in [6, 6.07) is 5.06. The molecule has 2 nitrogen and oxygen atoms in total. The Hall–Kier alpha value is -0.420. The van der Waals surface area contributed by atoms with E-state index < -0.39 is 0 Å². The van der Waals surface area contributed by atoms with E-state index in [1.165, 1.54) is 14.3 Å². The third-order valence-corrected chi connectivity index (χ3v) is 4.49. The fourth-order valence-corrected chi connectivity index (χ4v) is 3.59. The zero-order valence-corrected chi connectivity index (χ0v) is 9.29. The van der Waals surface area contributed by atoms with Crippen molar-refractivity contribution in [3.63, 3.8) is 0 Å². The van der Waals surface area contributed by atoms with Crippen LogP contribution in [-0.2, 0) is 11.3 Å². The molecule has 0 amide bonds. The minimum absolute atomic E-state index is 0.579. The molecule has 2 aromatic heterocycles. The van der Waals surface area contributed by atoms with Crippen LogP contribution in [0.2, 0.25) is 0 Å². The van der Waals surface area contributed by atoms with Gasteiger partial charge in [-0.05, 0) is 17.5 Å². The summed E-state index contributed by atoms with van der Waals surface area (Å²) >= 11 is 3.71. The van der Waals surface area contributed by atoms with Crippen molar-refractivity contribution in [2.45, 2.75) is 12.6 Å². The van der Waals surface area contributed by atoms with Crippen LogP contribution in [-0.4, -0.2) is 19.3 Å². The Labute approximate surface area is 90.5 Å². The summed E-state index contributed by atoms with van der Waals surface area (Å²) in [5, 5.41) is 5.63. The smallest absolute Gasteiger partial charge is 0.0643 e. The van der Waals surface area contributed by atoms with Gasteiger partial charge in [0.1, 0.15) is 0 Å². The summed E-state index contributed by atoms with van der Waals surface area (Å²) in [4.78, 5) is 1.43. The van der Waals surface area contributed by atoms with Gasteiger partial charge in [-0.25, -0.2) is 0 Å². The molecule has 0 radical (unpaired) electrons. The highest BCUT2D eigenvalue weighted by Crippen LogP contribution is 2.29. The molecule has 0 aromatic carbocycles. The van der Waals surface area contributed by atoms with Crippen molar-refractivity contribution >= 4 is 32.1 Å². The minimum atomic E-state index is 0.579. The Kier molecular flexibility index (Phi) is 2.29. The largest absolute Gasteiger partial charge is 0.378 e. The maximum Gasteiger partial charge on any atom is 0.0643 e. The molecule has 1 saturated heterocycles. The summed E-state index contributed by atoms with van der Waals surface area (Å²) in [6.07, 6.45) is 0. The fraction of sp³-hybridized carbons (Fsp3) is 0.400. The summed E-state index contributed by atoms with van der Waals surface area (Å²) in [7, 11) is 0. The molecular formula is C10H11NOS2. The van der Waals surface area contributed by atoms with E-state index in [-0.39, 0.29) is 0 Å². The molecule has 14 heavy (non-hydrogen) atoms. The monoisotopic (exact) mass is 225 g/mol. The zero-order chi connectivity index (χ0) is 9.38. The van der Waals surface area contributed by atoms with Crippen molar-refractivity contribution in [2.24, 2.45) is 0 Å². The first-order chi connectivity index (χ1) is 6.92. The zero-order valence-electron chi connectivity index (χ0n) is 7.66. The standard InChI is InChI=1S/C10H11NOS2/c1-2-13-10-3-8(14-9(1)10)4-11-7-5-12-6-7/h1-3,7,11H,4-6H2. The maximum atomic E-state index is 5.11. The Morgan fingerprint density at radius 1 is 1.43 bits per heavy atom. The molecule has 4 heteroatoms. The van der Waals surface area contributed by atoms with Crippen molar-refractivity contribution in [2.75, 3.05) is 13.2 Å². The molecule has 3 heterocycles. The molecule has 1 fully saturated rings. The van der Waals surface area contributed by atoms with Gasteiger partial charge in [-0.3, -0.25) is 0 Å². The van der Waals surface area contributed by atoms with Crippen LogP contribution in [0.5, 0.6) is 0 Å². The van der Waals surface area contributed by atoms with Crippen molar-refractivity contribution in [3.8, 4) is 0 Å². The second-order valence-corrected chi connectivity index (χ2v) is 5.59. The molecule has 1 aliphatic rings. The molecule has 1 N–H and O–H groups in total. The van der Waals surface area contributed by atoms with Gasteiger partial charge in [0.2, 0.25) is 0 Å². The van der Waals surface area contributed by atoms with E-state index in [1.807, 2.05) is 22.7 Å². The van der Waals surface area contributed by atoms with Crippen molar-refractivity contribution in [1.29, 1.82) is 0 Å². The van der Waals surface area contributed by atoms with Gasteiger partial charge in [0.05, 0.1) is 19.3 Å². The average molecular weight is 225 g/mol. The molecule has 0 saturated carbocycles. The van der Waals surface area contributed by atoms with E-state index >= 15 is 0 Å². The minimum Gasteiger partial charge on any atom is -0.378 e. The third-order valence-electron chi connectivity index (χ3n) is 2.39. The number of hydrogen-bond acceptors (Lipinski definition) is 4. The quantitative estimate of drug-likeness (QED) is 0.866. The lowest BCUT2D eigenvalue weighted by atomic mass is 10.2. The summed E-state index contributed by atoms with van der Waals surface area (Å²) in [6.45, 7) is 2.74. The Morgan fingerprint density at radius 3 is 3.07 bits per heavy atom. The van der Waals surface area contributed by atoms with Crippen molar-refractivity contribution in [1.82, 2.24) is 5.32 Å². The number of rotatable bonds is 3. The fourth-order valence-electron chi connectivity index (χ4n) is 1.50. The Morgan fingerprint density at radius 2 is 2.36 bits per heavy atom. The Balaban J connectivity index is 1.68. The molecule has 0 unspecified atom stereocenters. The summed E-state index contributed by atoms with van der Waals surface area (Å²) < 4.78 is 7.94. The lowest BCUT2D eigenvalue weighted by Gasteiger charge is -2.26. The number of hydrogen-bond donors (Lipinski definition) is 1. The first-order valence-corrected chi connectivity index (χ1v) is 6.38. The normalized spacial score (nSPS) is 17.4. The van der Waals surface area contributed by atoms with E-state index in [0.717, 1.165) is 19.8 Å². The highest BCUT2D eigenvalue weighted by atomic mass is 32.1. The van der Waals surface area contributed by atoms with E-state index in [9.17, 15) is 0 Å². The van der Waals surface area contributed by atoms with E-state index in [4.69, 9.17) is 4.74 Å². The van der Waals surface area contributed by atoms with Crippen LogP contribution in [0.3, 0.4) is 0 Å². The third kappa shape index (κ3) is 1.59. The first-order valence-electron chi connectivity index (χ1n) is 4.69. The second kappa shape index (κ2) is 3.62. The molecule has 0 bridgehead atoms. The highest BCUT2D eigenvalue weighted by molar-refractivity contribution is 7.26. The molecule has 2 aromatic rings. The average Bonchev–Trinajstić information content (AvgIpc) is 2.59. The topological polar surface area (TPSA) is 21.3 Å². The number of nitrogens with one attached hydrogen (secondary N) is 1. The summed E-state index contributed by atoms with van der Waals surface area (Å²) in [5.74, 6) is 0. The SMILES string of the molecule is c1cc2sc(CNC3COC3)cc2s1. The van der Waals surface area contributed by atoms with Gasteiger partial charge in [0.25, 0.3) is 0 Å². The maximum absolute atomic E-state index is 5.11. The number of fused-ring (bicyclic) bond motifs is 1. The molecule has 0 aliphatic carbocycles. The van der Waals surface area contributed by atoms with E-state index in [0.29, 0.717) is 6.04 Å². The highest BCUT2D eigenvalue weighted by Gasteiger charge is 2.17. The molecule has 0 spiro atoms. The molecule has 3 rings (SSSR count). The van der Waals surface area contributed by atoms with Crippen LogP contribution in [0.1, 0.15) is 4.88 Å². The van der Waals surface area contributed by atoms with Gasteiger partial charge in [0, 0.05) is 20.8 Å². The van der Waals surface area contributed by atoms with Crippen molar-refractivity contribution in [3.05, 3.63) is 22.4 Å². The molecule has 74 valence electrons. The molecular weight excluding hydrogens is 214 g/mol. The first kappa shape index (κ1) is 8.85. The van der Waals surface area contributed by atoms with Crippen LogP contribution in [0.15, 0.2) is 17.5 Å². The van der Waals surface area contributed by atoms with Crippen LogP contribution in [0.25, 0.3) is 9.40 Å². The van der Waals surface area contributed by atoms with Gasteiger partial charge in [-0.1, -0.05) is 0 Å². The molecule has 1 aliphatic heterocycles. The van der Waals surface area contributed by atoms with Gasteiger partial charge in [-0.2, -0.15) is 0 Å². The number of thiophene rings is 2. The van der Waals surface area contributed by atoms with Gasteiger partial charge < -0.3 is 10.1 Å². The van der Waals surface area contributed by atoms with Crippen LogP contribution in [0, 0.1) is 0 Å². The van der Waals surface area contributed by atoms with E-state index in [1.54, 1.807) is 0 Å². The lowest BCUT2D eigenvalue weighted by Crippen LogP contribution is -2.45. The molecule has 0 atom stereocenters. The Bertz CT molecular complexity index is 401.